The van der Waals surface area contributed by atoms with Crippen molar-refractivity contribution in [2.75, 3.05) is 13.6 Å². The fourth-order valence-corrected chi connectivity index (χ4v) is 3.52. The van der Waals surface area contributed by atoms with E-state index in [1.807, 2.05) is 12.1 Å². The molecule has 0 aliphatic carbocycles. The summed E-state index contributed by atoms with van der Waals surface area (Å²) in [5.41, 5.74) is 1.07. The molecule has 3 rings (SSSR count). The maximum Gasteiger partial charge on any atom is 0.241 e. The third-order valence-corrected chi connectivity index (χ3v) is 5.59. The fraction of sp³-hybridized carbons (Fsp3) is 0.222. The van der Waals surface area contributed by atoms with Crippen molar-refractivity contribution in [1.82, 2.24) is 24.2 Å². The first-order chi connectivity index (χ1) is 13.3. The quantitative estimate of drug-likeness (QED) is 0.588. The lowest BCUT2D eigenvalue weighted by Crippen LogP contribution is -2.38. The second kappa shape index (κ2) is 7.87. The Kier molecular flexibility index (Phi) is 5.52. The van der Waals surface area contributed by atoms with Crippen LogP contribution in [0.25, 0.3) is 5.65 Å². The van der Waals surface area contributed by atoms with Crippen LogP contribution in [-0.2, 0) is 21.4 Å². The zero-order chi connectivity index (χ0) is 20.3. The Bertz CT molecular complexity index is 1120. The van der Waals surface area contributed by atoms with Gasteiger partial charge in [0.05, 0.1) is 18.0 Å². The van der Waals surface area contributed by atoms with E-state index in [0.29, 0.717) is 17.0 Å². The predicted octanol–water partition coefficient (Wildman–Crippen LogP) is 0.869. The third-order valence-electron chi connectivity index (χ3n) is 4.17. The molecule has 28 heavy (non-hydrogen) atoms. The summed E-state index contributed by atoms with van der Waals surface area (Å²) in [5.74, 6) is -0.0135. The van der Waals surface area contributed by atoms with Crippen molar-refractivity contribution in [2.45, 2.75) is 18.4 Å². The number of hydrogen-bond donors (Lipinski definition) is 1. The minimum Gasteiger partial charge on any atom is -0.337 e. The molecular weight excluding hydrogens is 382 g/mol. The lowest BCUT2D eigenvalue weighted by Gasteiger charge is -2.16. The van der Waals surface area contributed by atoms with E-state index in [1.165, 1.54) is 36.1 Å². The molecule has 0 fully saturated rings. The number of sulfonamides is 1. The Morgan fingerprint density at radius 2 is 1.82 bits per heavy atom. The molecular formula is C18H19N5O4S. The van der Waals surface area contributed by atoms with Gasteiger partial charge in [0.1, 0.15) is 0 Å². The summed E-state index contributed by atoms with van der Waals surface area (Å²) in [6.07, 6.45) is 1.79. The van der Waals surface area contributed by atoms with Crippen molar-refractivity contribution >= 4 is 27.4 Å². The highest BCUT2D eigenvalue weighted by atomic mass is 32.2. The number of nitrogens with one attached hydrogen (secondary N) is 1. The Morgan fingerprint density at radius 3 is 2.50 bits per heavy atom. The van der Waals surface area contributed by atoms with Crippen LogP contribution in [0.4, 0.5) is 0 Å². The minimum atomic E-state index is -3.87. The lowest BCUT2D eigenvalue weighted by atomic mass is 10.2. The van der Waals surface area contributed by atoms with Crippen LogP contribution in [0.15, 0.2) is 53.6 Å². The number of aromatic nitrogens is 3. The van der Waals surface area contributed by atoms with E-state index in [9.17, 15) is 18.0 Å². The highest BCUT2D eigenvalue weighted by Gasteiger charge is 2.19. The Labute approximate surface area is 162 Å². The number of carbonyl (C=O) groups is 2. The first kappa shape index (κ1) is 19.6. The zero-order valence-corrected chi connectivity index (χ0v) is 16.2. The summed E-state index contributed by atoms with van der Waals surface area (Å²) in [6, 6.07) is 11.0. The maximum atomic E-state index is 12.3. The molecule has 0 radical (unpaired) electrons. The number of Topliss-reactive ketones (excluding diaryl/α,β-unsaturated/α-hetero) is 1. The topological polar surface area (TPSA) is 114 Å². The number of likely N-dealkylation sites (N-methyl/N-ethyl adjacent to an activating group) is 1. The fourth-order valence-electron chi connectivity index (χ4n) is 2.54. The van der Waals surface area contributed by atoms with Gasteiger partial charge in [-0.2, -0.15) is 0 Å². The van der Waals surface area contributed by atoms with Crippen molar-refractivity contribution in [3.8, 4) is 0 Å². The van der Waals surface area contributed by atoms with Gasteiger partial charge < -0.3 is 4.90 Å². The highest BCUT2D eigenvalue weighted by Crippen LogP contribution is 2.11. The SMILES string of the molecule is CC(=O)c1ccc(S(=O)(=O)NCC(=O)N(C)Cc2nnc3ccccn23)cc1. The van der Waals surface area contributed by atoms with Gasteiger partial charge in [0, 0.05) is 18.8 Å². The number of rotatable bonds is 7. The molecule has 1 amide bonds. The number of ketones is 1. The molecule has 0 atom stereocenters. The van der Waals surface area contributed by atoms with Gasteiger partial charge in [0.25, 0.3) is 0 Å². The summed E-state index contributed by atoms with van der Waals surface area (Å²) in [5, 5.41) is 8.06. The smallest absolute Gasteiger partial charge is 0.241 e. The average Bonchev–Trinajstić information content (AvgIpc) is 3.09. The Morgan fingerprint density at radius 1 is 1.11 bits per heavy atom. The van der Waals surface area contributed by atoms with E-state index in [2.05, 4.69) is 14.9 Å². The molecule has 9 nitrogen and oxygen atoms in total. The Balaban J connectivity index is 1.63. The van der Waals surface area contributed by atoms with E-state index in [-0.39, 0.29) is 17.2 Å². The molecule has 1 aromatic carbocycles. The van der Waals surface area contributed by atoms with Gasteiger partial charge >= 0.3 is 0 Å². The molecule has 0 unspecified atom stereocenters. The number of hydrogen-bond acceptors (Lipinski definition) is 6. The summed E-state index contributed by atoms with van der Waals surface area (Å²) in [6.45, 7) is 1.18. The summed E-state index contributed by atoms with van der Waals surface area (Å²) < 4.78 is 28.7. The van der Waals surface area contributed by atoms with Gasteiger partial charge in [-0.15, -0.1) is 10.2 Å². The number of amides is 1. The van der Waals surface area contributed by atoms with Gasteiger partial charge in [0.2, 0.25) is 15.9 Å². The largest absolute Gasteiger partial charge is 0.337 e. The average molecular weight is 401 g/mol. The van der Waals surface area contributed by atoms with E-state index in [0.717, 1.165) is 0 Å². The molecule has 10 heteroatoms. The van der Waals surface area contributed by atoms with Crippen LogP contribution in [0, 0.1) is 0 Å². The predicted molar refractivity (Wildman–Crippen MR) is 101 cm³/mol. The lowest BCUT2D eigenvalue weighted by molar-refractivity contribution is -0.129. The molecule has 0 bridgehead atoms. The molecule has 0 saturated carbocycles. The first-order valence-corrected chi connectivity index (χ1v) is 9.89. The summed E-state index contributed by atoms with van der Waals surface area (Å²) >= 11 is 0. The molecule has 0 aliphatic heterocycles. The van der Waals surface area contributed by atoms with Crippen molar-refractivity contribution in [3.63, 3.8) is 0 Å². The maximum absolute atomic E-state index is 12.3. The number of fused-ring (bicyclic) bond motifs is 1. The van der Waals surface area contributed by atoms with Gasteiger partial charge in [-0.05, 0) is 31.2 Å². The Hall–Kier alpha value is -3.11. The molecule has 2 aromatic heterocycles. The second-order valence-corrected chi connectivity index (χ2v) is 7.97. The van der Waals surface area contributed by atoms with Crippen molar-refractivity contribution < 1.29 is 18.0 Å². The summed E-state index contributed by atoms with van der Waals surface area (Å²) in [7, 11) is -2.31. The van der Waals surface area contributed by atoms with E-state index in [4.69, 9.17) is 0 Å². The van der Waals surface area contributed by atoms with Crippen LogP contribution >= 0.6 is 0 Å². The minimum absolute atomic E-state index is 0.0172. The van der Waals surface area contributed by atoms with E-state index < -0.39 is 22.5 Å². The van der Waals surface area contributed by atoms with Crippen LogP contribution in [0.3, 0.4) is 0 Å². The van der Waals surface area contributed by atoms with Crippen LogP contribution in [-0.4, -0.2) is 53.2 Å². The van der Waals surface area contributed by atoms with Crippen molar-refractivity contribution in [1.29, 1.82) is 0 Å². The zero-order valence-electron chi connectivity index (χ0n) is 15.4. The molecule has 1 N–H and O–H groups in total. The van der Waals surface area contributed by atoms with Crippen molar-refractivity contribution in [2.24, 2.45) is 0 Å². The highest BCUT2D eigenvalue weighted by molar-refractivity contribution is 7.89. The monoisotopic (exact) mass is 401 g/mol. The standard InChI is InChI=1S/C18H19N5O4S/c1-13(24)14-6-8-15(9-7-14)28(26,27)19-11-18(25)22(2)12-17-21-20-16-5-3-4-10-23(16)17/h3-10,19H,11-12H2,1-2H3. The van der Waals surface area contributed by atoms with Crippen LogP contribution < -0.4 is 4.72 Å². The van der Waals surface area contributed by atoms with Gasteiger partial charge in [-0.1, -0.05) is 18.2 Å². The van der Waals surface area contributed by atoms with Crippen LogP contribution in [0.2, 0.25) is 0 Å². The molecule has 0 spiro atoms. The number of pyridine rings is 1. The number of carbonyl (C=O) groups excluding carboxylic acids is 2. The molecule has 0 saturated heterocycles. The van der Waals surface area contributed by atoms with Gasteiger partial charge in [0.15, 0.2) is 17.3 Å². The van der Waals surface area contributed by atoms with Crippen molar-refractivity contribution in [3.05, 3.63) is 60.0 Å². The first-order valence-electron chi connectivity index (χ1n) is 8.41. The normalized spacial score (nSPS) is 11.5. The number of nitrogens with zero attached hydrogens (tertiary/aromatic N) is 4. The van der Waals surface area contributed by atoms with Crippen LogP contribution in [0.1, 0.15) is 23.1 Å². The molecule has 0 aliphatic rings. The number of benzene rings is 1. The molecule has 146 valence electrons. The van der Waals surface area contributed by atoms with Crippen LogP contribution in [0.5, 0.6) is 0 Å². The van der Waals surface area contributed by atoms with E-state index >= 15 is 0 Å². The van der Waals surface area contributed by atoms with E-state index in [1.54, 1.807) is 23.7 Å². The molecule has 2 heterocycles. The van der Waals surface area contributed by atoms with Gasteiger partial charge in [-0.3, -0.25) is 14.0 Å². The second-order valence-electron chi connectivity index (χ2n) is 6.20. The summed E-state index contributed by atoms with van der Waals surface area (Å²) in [4.78, 5) is 25.0. The molecule has 3 aromatic rings. The van der Waals surface area contributed by atoms with Gasteiger partial charge in [-0.25, -0.2) is 13.1 Å². The third kappa shape index (κ3) is 4.24.